The maximum Gasteiger partial charge on any atom is 0.286 e. The molecule has 0 radical (unpaired) electrons. The summed E-state index contributed by atoms with van der Waals surface area (Å²) in [7, 11) is 0. The third-order valence-corrected chi connectivity index (χ3v) is 2.35. The van der Waals surface area contributed by atoms with Crippen molar-refractivity contribution < 1.29 is 4.92 Å². The second-order valence-corrected chi connectivity index (χ2v) is 3.45. The largest absolute Gasteiger partial charge is 0.398 e. The van der Waals surface area contributed by atoms with Crippen LogP contribution in [0.1, 0.15) is 0 Å². The highest BCUT2D eigenvalue weighted by atomic mass is 16.6. The summed E-state index contributed by atoms with van der Waals surface area (Å²) in [6.45, 7) is 0. The number of para-hydroxylation sites is 1. The van der Waals surface area contributed by atoms with E-state index in [2.05, 4.69) is 4.98 Å². The van der Waals surface area contributed by atoms with Gasteiger partial charge in [0.25, 0.3) is 11.2 Å². The van der Waals surface area contributed by atoms with Gasteiger partial charge in [-0.3, -0.25) is 14.9 Å². The van der Waals surface area contributed by atoms with Crippen molar-refractivity contribution in [3.05, 3.63) is 57.0 Å². The number of pyridine rings is 1. The standard InChI is InChI=1S/C11H9N3O3/c12-10-4-2-1-3-8(10)9-5-7(14(16)17)6-13-11(9)15/h1-6H,12H2,(H,13,15). The number of rotatable bonds is 2. The number of hydrogen-bond donors (Lipinski definition) is 2. The van der Waals surface area contributed by atoms with Crippen molar-refractivity contribution in [1.29, 1.82) is 0 Å². The minimum Gasteiger partial charge on any atom is -0.398 e. The molecule has 1 aromatic carbocycles. The smallest absolute Gasteiger partial charge is 0.286 e. The van der Waals surface area contributed by atoms with E-state index in [4.69, 9.17) is 5.73 Å². The lowest BCUT2D eigenvalue weighted by Gasteiger charge is -2.03. The summed E-state index contributed by atoms with van der Waals surface area (Å²) in [6.07, 6.45) is 1.06. The molecule has 0 amide bonds. The molecule has 0 saturated heterocycles. The highest BCUT2D eigenvalue weighted by Crippen LogP contribution is 2.24. The summed E-state index contributed by atoms with van der Waals surface area (Å²) in [6, 6.07) is 7.93. The zero-order valence-corrected chi connectivity index (χ0v) is 8.71. The van der Waals surface area contributed by atoms with E-state index >= 15 is 0 Å². The zero-order valence-electron chi connectivity index (χ0n) is 8.71. The molecule has 86 valence electrons. The molecular weight excluding hydrogens is 222 g/mol. The molecule has 0 atom stereocenters. The quantitative estimate of drug-likeness (QED) is 0.464. The van der Waals surface area contributed by atoms with Crippen LogP contribution in [0.4, 0.5) is 11.4 Å². The number of nitrogens with one attached hydrogen (secondary N) is 1. The van der Waals surface area contributed by atoms with Crippen LogP contribution in [0.25, 0.3) is 11.1 Å². The van der Waals surface area contributed by atoms with Crippen LogP contribution in [0.3, 0.4) is 0 Å². The lowest BCUT2D eigenvalue weighted by molar-refractivity contribution is -0.385. The van der Waals surface area contributed by atoms with Crippen molar-refractivity contribution in [2.24, 2.45) is 0 Å². The van der Waals surface area contributed by atoms with Gasteiger partial charge in [-0.2, -0.15) is 0 Å². The lowest BCUT2D eigenvalue weighted by atomic mass is 10.1. The average molecular weight is 231 g/mol. The van der Waals surface area contributed by atoms with Crippen LogP contribution >= 0.6 is 0 Å². The Bertz CT molecular complexity index is 634. The Morgan fingerprint density at radius 1 is 1.24 bits per heavy atom. The number of nitrogen functional groups attached to an aromatic ring is 1. The maximum atomic E-state index is 11.6. The van der Waals surface area contributed by atoms with Crippen LogP contribution in [-0.4, -0.2) is 9.91 Å². The molecule has 2 aromatic rings. The van der Waals surface area contributed by atoms with E-state index in [-0.39, 0.29) is 11.3 Å². The Labute approximate surface area is 95.9 Å². The number of nitrogens with zero attached hydrogens (tertiary/aromatic N) is 1. The molecule has 6 heteroatoms. The summed E-state index contributed by atoms with van der Waals surface area (Å²) in [5.74, 6) is 0. The fourth-order valence-corrected chi connectivity index (χ4v) is 1.52. The third kappa shape index (κ3) is 2.00. The van der Waals surface area contributed by atoms with Gasteiger partial charge in [0, 0.05) is 17.3 Å². The second-order valence-electron chi connectivity index (χ2n) is 3.45. The molecule has 3 N–H and O–H groups in total. The molecule has 0 fully saturated rings. The van der Waals surface area contributed by atoms with Gasteiger partial charge in [-0.15, -0.1) is 0 Å². The van der Waals surface area contributed by atoms with Crippen LogP contribution in [0.5, 0.6) is 0 Å². The van der Waals surface area contributed by atoms with Crippen LogP contribution in [0.15, 0.2) is 41.3 Å². The third-order valence-electron chi connectivity index (χ3n) is 2.35. The van der Waals surface area contributed by atoms with Crippen LogP contribution < -0.4 is 11.3 Å². The van der Waals surface area contributed by atoms with E-state index in [1.165, 1.54) is 6.07 Å². The van der Waals surface area contributed by atoms with E-state index in [1.54, 1.807) is 24.3 Å². The van der Waals surface area contributed by atoms with Gasteiger partial charge in [-0.25, -0.2) is 0 Å². The molecule has 6 nitrogen and oxygen atoms in total. The predicted octanol–water partition coefficient (Wildman–Crippen LogP) is 1.53. The van der Waals surface area contributed by atoms with Crippen molar-refractivity contribution in [2.45, 2.75) is 0 Å². The first-order chi connectivity index (χ1) is 8.09. The number of aromatic amines is 1. The first kappa shape index (κ1) is 10.9. The topological polar surface area (TPSA) is 102 Å². The van der Waals surface area contributed by atoms with E-state index in [0.29, 0.717) is 11.3 Å². The second kappa shape index (κ2) is 4.09. The van der Waals surface area contributed by atoms with E-state index in [0.717, 1.165) is 6.20 Å². The Morgan fingerprint density at radius 3 is 2.59 bits per heavy atom. The first-order valence-electron chi connectivity index (χ1n) is 4.81. The van der Waals surface area contributed by atoms with Gasteiger partial charge in [0.15, 0.2) is 0 Å². The van der Waals surface area contributed by atoms with Crippen molar-refractivity contribution in [1.82, 2.24) is 4.98 Å². The number of aromatic nitrogens is 1. The number of H-pyrrole nitrogens is 1. The molecule has 0 unspecified atom stereocenters. The zero-order chi connectivity index (χ0) is 12.4. The van der Waals surface area contributed by atoms with Crippen LogP contribution in [-0.2, 0) is 0 Å². The van der Waals surface area contributed by atoms with Crippen LogP contribution in [0, 0.1) is 10.1 Å². The van der Waals surface area contributed by atoms with Gasteiger partial charge in [-0.1, -0.05) is 18.2 Å². The number of anilines is 1. The summed E-state index contributed by atoms with van der Waals surface area (Å²) in [4.78, 5) is 24.0. The van der Waals surface area contributed by atoms with Gasteiger partial charge in [-0.05, 0) is 6.07 Å². The van der Waals surface area contributed by atoms with Crippen LogP contribution in [0.2, 0.25) is 0 Å². The molecule has 1 aromatic heterocycles. The molecule has 17 heavy (non-hydrogen) atoms. The van der Waals surface area contributed by atoms with Gasteiger partial charge < -0.3 is 10.7 Å². The Balaban J connectivity index is 2.67. The molecule has 0 aliphatic carbocycles. The van der Waals surface area contributed by atoms with Crippen molar-refractivity contribution in [3.8, 4) is 11.1 Å². The van der Waals surface area contributed by atoms with Crippen molar-refractivity contribution in [3.63, 3.8) is 0 Å². The van der Waals surface area contributed by atoms with Crippen molar-refractivity contribution >= 4 is 11.4 Å². The molecule has 2 rings (SSSR count). The summed E-state index contributed by atoms with van der Waals surface area (Å²) < 4.78 is 0. The highest BCUT2D eigenvalue weighted by molar-refractivity contribution is 5.76. The molecule has 0 saturated carbocycles. The molecule has 0 aliphatic rings. The fraction of sp³-hybridized carbons (Fsp3) is 0. The van der Waals surface area contributed by atoms with Gasteiger partial charge in [0.1, 0.15) is 0 Å². The normalized spacial score (nSPS) is 10.1. The molecular formula is C11H9N3O3. The fourth-order valence-electron chi connectivity index (χ4n) is 1.52. The van der Waals surface area contributed by atoms with E-state index in [1.807, 2.05) is 0 Å². The van der Waals surface area contributed by atoms with Gasteiger partial charge >= 0.3 is 0 Å². The Kier molecular flexibility index (Phi) is 2.61. The minimum absolute atomic E-state index is 0.178. The maximum absolute atomic E-state index is 11.6. The van der Waals surface area contributed by atoms with E-state index in [9.17, 15) is 14.9 Å². The summed E-state index contributed by atoms with van der Waals surface area (Å²) in [5.41, 5.74) is 6.22. The number of benzene rings is 1. The number of hydrogen-bond acceptors (Lipinski definition) is 4. The Morgan fingerprint density at radius 2 is 1.94 bits per heavy atom. The number of nitro groups is 1. The molecule has 0 spiro atoms. The van der Waals surface area contributed by atoms with Gasteiger partial charge in [0.2, 0.25) is 0 Å². The SMILES string of the molecule is Nc1ccccc1-c1cc([N+](=O)[O-])c[nH]c1=O. The van der Waals surface area contributed by atoms with E-state index < -0.39 is 10.5 Å². The summed E-state index contributed by atoms with van der Waals surface area (Å²) in [5, 5.41) is 10.6. The number of nitrogens with two attached hydrogens (primary N) is 1. The minimum atomic E-state index is -0.571. The first-order valence-corrected chi connectivity index (χ1v) is 4.81. The summed E-state index contributed by atoms with van der Waals surface area (Å²) >= 11 is 0. The monoisotopic (exact) mass is 231 g/mol. The molecule has 1 heterocycles. The molecule has 0 bridgehead atoms. The molecule has 0 aliphatic heterocycles. The lowest BCUT2D eigenvalue weighted by Crippen LogP contribution is -2.10. The van der Waals surface area contributed by atoms with Crippen molar-refractivity contribution in [2.75, 3.05) is 5.73 Å². The highest BCUT2D eigenvalue weighted by Gasteiger charge is 2.12. The predicted molar refractivity (Wildman–Crippen MR) is 63.6 cm³/mol. The van der Waals surface area contributed by atoms with Gasteiger partial charge in [0.05, 0.1) is 16.7 Å². The Hall–Kier alpha value is -2.63. The average Bonchev–Trinajstić information content (AvgIpc) is 2.30.